The van der Waals surface area contributed by atoms with Crippen LogP contribution in [0.3, 0.4) is 0 Å². The molecule has 0 spiro atoms. The third-order valence-corrected chi connectivity index (χ3v) is 2.80. The van der Waals surface area contributed by atoms with Crippen molar-refractivity contribution in [2.45, 2.75) is 13.5 Å². The Labute approximate surface area is 126 Å². The Morgan fingerprint density at radius 1 is 1.14 bits per heavy atom. The van der Waals surface area contributed by atoms with Gasteiger partial charge in [-0.25, -0.2) is 4.79 Å². The van der Waals surface area contributed by atoms with Crippen LogP contribution in [0, 0.1) is 6.92 Å². The summed E-state index contributed by atoms with van der Waals surface area (Å²) >= 11 is 0. The van der Waals surface area contributed by atoms with E-state index in [2.05, 4.69) is 10.1 Å². The van der Waals surface area contributed by atoms with Gasteiger partial charge in [-0.3, -0.25) is 0 Å². The highest BCUT2D eigenvalue weighted by molar-refractivity contribution is 5.91. The molecule has 118 valence electrons. The molecule has 1 aromatic carbocycles. The van der Waals surface area contributed by atoms with E-state index < -0.39 is 5.97 Å². The van der Waals surface area contributed by atoms with Gasteiger partial charge in [0.15, 0.2) is 23.9 Å². The van der Waals surface area contributed by atoms with Crippen LogP contribution in [0.1, 0.15) is 22.1 Å². The van der Waals surface area contributed by atoms with Crippen LogP contribution in [0.25, 0.3) is 0 Å². The molecule has 22 heavy (non-hydrogen) atoms. The molecule has 0 atom stereocenters. The first kappa shape index (κ1) is 15.6. The van der Waals surface area contributed by atoms with Crippen molar-refractivity contribution in [1.29, 1.82) is 0 Å². The molecule has 1 heterocycles. The molecule has 0 aliphatic carbocycles. The number of benzene rings is 1. The van der Waals surface area contributed by atoms with Gasteiger partial charge in [0.05, 0.1) is 26.9 Å². The second-order valence-corrected chi connectivity index (χ2v) is 4.23. The molecule has 0 saturated heterocycles. The lowest BCUT2D eigenvalue weighted by Crippen LogP contribution is -2.07. The number of aromatic nitrogens is 2. The lowest BCUT2D eigenvalue weighted by molar-refractivity contribution is 0.0429. The fourth-order valence-electron chi connectivity index (χ4n) is 1.81. The molecule has 8 heteroatoms. The molecule has 0 aliphatic heterocycles. The van der Waals surface area contributed by atoms with Crippen LogP contribution in [0.15, 0.2) is 16.7 Å². The molecule has 0 radical (unpaired) electrons. The van der Waals surface area contributed by atoms with Gasteiger partial charge in [0.1, 0.15) is 0 Å². The summed E-state index contributed by atoms with van der Waals surface area (Å²) in [6.45, 7) is 1.56. The average molecular weight is 308 g/mol. The predicted molar refractivity (Wildman–Crippen MR) is 74.3 cm³/mol. The van der Waals surface area contributed by atoms with E-state index in [4.69, 9.17) is 23.5 Å². The Bertz CT molecular complexity index is 642. The van der Waals surface area contributed by atoms with Crippen LogP contribution < -0.4 is 14.2 Å². The fourth-order valence-corrected chi connectivity index (χ4v) is 1.81. The summed E-state index contributed by atoms with van der Waals surface area (Å²) in [4.78, 5) is 16.0. The maximum atomic E-state index is 12.1. The first-order valence-electron chi connectivity index (χ1n) is 6.35. The Kier molecular flexibility index (Phi) is 4.82. The SMILES string of the molecule is COc1cc(C(=O)OCc2nc(C)no2)cc(OC)c1OC. The zero-order valence-corrected chi connectivity index (χ0v) is 12.7. The summed E-state index contributed by atoms with van der Waals surface area (Å²) in [6, 6.07) is 3.01. The molecule has 0 aliphatic rings. The van der Waals surface area contributed by atoms with Crippen molar-refractivity contribution in [3.8, 4) is 17.2 Å². The Morgan fingerprint density at radius 2 is 1.77 bits per heavy atom. The molecule has 2 aromatic rings. The summed E-state index contributed by atoms with van der Waals surface area (Å²) in [6.07, 6.45) is 0. The summed E-state index contributed by atoms with van der Waals surface area (Å²) in [5, 5.41) is 3.61. The van der Waals surface area contributed by atoms with Crippen molar-refractivity contribution >= 4 is 5.97 Å². The number of ether oxygens (including phenoxy) is 4. The lowest BCUT2D eigenvalue weighted by atomic mass is 10.2. The third kappa shape index (κ3) is 3.27. The molecule has 0 N–H and O–H groups in total. The van der Waals surface area contributed by atoms with Gasteiger partial charge in [0.2, 0.25) is 5.75 Å². The number of carbonyl (C=O) groups is 1. The van der Waals surface area contributed by atoms with E-state index in [1.165, 1.54) is 33.5 Å². The van der Waals surface area contributed by atoms with Gasteiger partial charge in [-0.05, 0) is 19.1 Å². The molecule has 0 fully saturated rings. The molecule has 0 amide bonds. The highest BCUT2D eigenvalue weighted by Crippen LogP contribution is 2.38. The maximum absolute atomic E-state index is 12.1. The van der Waals surface area contributed by atoms with Gasteiger partial charge in [-0.2, -0.15) is 4.98 Å². The zero-order chi connectivity index (χ0) is 16.1. The topological polar surface area (TPSA) is 92.9 Å². The summed E-state index contributed by atoms with van der Waals surface area (Å²) in [5.41, 5.74) is 0.255. The van der Waals surface area contributed by atoms with Crippen molar-refractivity contribution in [1.82, 2.24) is 10.1 Å². The first-order valence-corrected chi connectivity index (χ1v) is 6.35. The number of aryl methyl sites for hydroxylation is 1. The first-order chi connectivity index (χ1) is 10.6. The van der Waals surface area contributed by atoms with Crippen LogP contribution >= 0.6 is 0 Å². The van der Waals surface area contributed by atoms with E-state index in [0.717, 1.165) is 0 Å². The van der Waals surface area contributed by atoms with Crippen molar-refractivity contribution in [2.75, 3.05) is 21.3 Å². The number of rotatable bonds is 6. The van der Waals surface area contributed by atoms with Crippen LogP contribution in [0.2, 0.25) is 0 Å². The number of carbonyl (C=O) groups excluding carboxylic acids is 1. The molecule has 1 aromatic heterocycles. The quantitative estimate of drug-likeness (QED) is 0.745. The lowest BCUT2D eigenvalue weighted by Gasteiger charge is -2.13. The van der Waals surface area contributed by atoms with Gasteiger partial charge in [0.25, 0.3) is 5.89 Å². The number of hydrogen-bond donors (Lipinski definition) is 0. The van der Waals surface area contributed by atoms with Crippen LogP contribution in [-0.4, -0.2) is 37.4 Å². The van der Waals surface area contributed by atoms with E-state index in [0.29, 0.717) is 23.1 Å². The van der Waals surface area contributed by atoms with E-state index >= 15 is 0 Å². The van der Waals surface area contributed by atoms with E-state index in [-0.39, 0.29) is 18.1 Å². The largest absolute Gasteiger partial charge is 0.493 e. The average Bonchev–Trinajstić information content (AvgIpc) is 2.96. The zero-order valence-electron chi connectivity index (χ0n) is 12.7. The molecular weight excluding hydrogens is 292 g/mol. The molecular formula is C14H16N2O6. The Morgan fingerprint density at radius 3 is 2.23 bits per heavy atom. The molecule has 2 rings (SSSR count). The van der Waals surface area contributed by atoms with E-state index in [1.807, 2.05) is 0 Å². The third-order valence-electron chi connectivity index (χ3n) is 2.80. The van der Waals surface area contributed by atoms with Crippen LogP contribution in [0.4, 0.5) is 0 Å². The van der Waals surface area contributed by atoms with Crippen molar-refractivity contribution < 1.29 is 28.3 Å². The van der Waals surface area contributed by atoms with E-state index in [9.17, 15) is 4.79 Å². The fraction of sp³-hybridized carbons (Fsp3) is 0.357. The minimum Gasteiger partial charge on any atom is -0.493 e. The predicted octanol–water partition coefficient (Wildman–Crippen LogP) is 1.76. The normalized spacial score (nSPS) is 10.2. The van der Waals surface area contributed by atoms with Crippen LogP contribution in [0.5, 0.6) is 17.2 Å². The smallest absolute Gasteiger partial charge is 0.338 e. The van der Waals surface area contributed by atoms with Gasteiger partial charge < -0.3 is 23.5 Å². The number of methoxy groups -OCH3 is 3. The van der Waals surface area contributed by atoms with Gasteiger partial charge in [-0.15, -0.1) is 0 Å². The Balaban J connectivity index is 2.18. The second kappa shape index (κ2) is 6.79. The van der Waals surface area contributed by atoms with Crippen molar-refractivity contribution in [3.63, 3.8) is 0 Å². The van der Waals surface area contributed by atoms with Gasteiger partial charge >= 0.3 is 5.97 Å². The molecule has 8 nitrogen and oxygen atoms in total. The standard InChI is InChI=1S/C14H16N2O6/c1-8-15-12(22-16-8)7-21-14(17)9-5-10(18-2)13(20-4)11(6-9)19-3/h5-6H,7H2,1-4H3. The van der Waals surface area contributed by atoms with Crippen molar-refractivity contribution in [2.24, 2.45) is 0 Å². The molecule has 0 saturated carbocycles. The highest BCUT2D eigenvalue weighted by atomic mass is 16.6. The molecule has 0 unspecified atom stereocenters. The monoisotopic (exact) mass is 308 g/mol. The van der Waals surface area contributed by atoms with Gasteiger partial charge in [0, 0.05) is 0 Å². The summed E-state index contributed by atoms with van der Waals surface area (Å²) in [7, 11) is 4.41. The minimum atomic E-state index is -0.574. The molecule has 0 bridgehead atoms. The number of esters is 1. The second-order valence-electron chi connectivity index (χ2n) is 4.23. The van der Waals surface area contributed by atoms with E-state index in [1.54, 1.807) is 6.92 Å². The van der Waals surface area contributed by atoms with Gasteiger partial charge in [-0.1, -0.05) is 5.16 Å². The maximum Gasteiger partial charge on any atom is 0.338 e. The summed E-state index contributed by atoms with van der Waals surface area (Å²) in [5.74, 6) is 1.24. The Hall–Kier alpha value is -2.77. The van der Waals surface area contributed by atoms with Crippen molar-refractivity contribution in [3.05, 3.63) is 29.4 Å². The number of hydrogen-bond acceptors (Lipinski definition) is 8. The van der Waals surface area contributed by atoms with Crippen LogP contribution in [-0.2, 0) is 11.3 Å². The highest BCUT2D eigenvalue weighted by Gasteiger charge is 2.18. The minimum absolute atomic E-state index is 0.115. The summed E-state index contributed by atoms with van der Waals surface area (Å²) < 4.78 is 25.5. The number of nitrogens with zero attached hydrogens (tertiary/aromatic N) is 2.